The molecule has 0 unspecified atom stereocenters. The Morgan fingerprint density at radius 2 is 1.57 bits per heavy atom. The summed E-state index contributed by atoms with van der Waals surface area (Å²) in [5.74, 6) is 0.0393. The van der Waals surface area contributed by atoms with Crippen molar-refractivity contribution < 1.29 is 23.5 Å². The average Bonchev–Trinajstić information content (AvgIpc) is 2.87. The van der Waals surface area contributed by atoms with E-state index >= 15 is 0 Å². The maximum absolute atomic E-state index is 13.1. The first kappa shape index (κ1) is 25.6. The molecular formula is C28H29FN2O4. The molecule has 0 bridgehead atoms. The minimum Gasteiger partial charge on any atom is -0.457 e. The molecule has 3 rings (SSSR count). The van der Waals surface area contributed by atoms with E-state index in [2.05, 4.69) is 10.6 Å². The summed E-state index contributed by atoms with van der Waals surface area (Å²) in [6.45, 7) is 2.33. The van der Waals surface area contributed by atoms with E-state index in [1.807, 2.05) is 43.3 Å². The first-order valence-electron chi connectivity index (χ1n) is 11.4. The summed E-state index contributed by atoms with van der Waals surface area (Å²) in [6.07, 6.45) is 4.69. The SMILES string of the molecule is CC/C=C/CC(=O)N[C@@H](COCc1ccccc1)C(=O)Nc1ccc(Oc2ccc(F)cc2)cc1. The molecule has 0 aliphatic carbocycles. The molecule has 3 aromatic carbocycles. The van der Waals surface area contributed by atoms with Crippen LogP contribution in [0.2, 0.25) is 0 Å². The van der Waals surface area contributed by atoms with Gasteiger partial charge in [0.05, 0.1) is 13.2 Å². The van der Waals surface area contributed by atoms with Crippen molar-refractivity contribution in [2.45, 2.75) is 32.4 Å². The van der Waals surface area contributed by atoms with Crippen LogP contribution in [0.1, 0.15) is 25.3 Å². The van der Waals surface area contributed by atoms with Crippen LogP contribution in [-0.4, -0.2) is 24.5 Å². The number of ether oxygens (including phenoxy) is 2. The van der Waals surface area contributed by atoms with Crippen molar-refractivity contribution in [3.05, 3.63) is 102 Å². The van der Waals surface area contributed by atoms with Crippen molar-refractivity contribution in [3.8, 4) is 11.5 Å². The maximum Gasteiger partial charge on any atom is 0.249 e. The fraction of sp³-hybridized carbons (Fsp3) is 0.214. The number of carbonyl (C=O) groups is 2. The Morgan fingerprint density at radius 3 is 2.23 bits per heavy atom. The molecule has 0 radical (unpaired) electrons. The van der Waals surface area contributed by atoms with Gasteiger partial charge in [0.2, 0.25) is 11.8 Å². The molecule has 6 nitrogen and oxygen atoms in total. The smallest absolute Gasteiger partial charge is 0.249 e. The Bertz CT molecular complexity index is 1100. The van der Waals surface area contributed by atoms with E-state index in [4.69, 9.17) is 9.47 Å². The number of hydrogen-bond donors (Lipinski definition) is 2. The number of hydrogen-bond acceptors (Lipinski definition) is 4. The van der Waals surface area contributed by atoms with E-state index in [0.717, 1.165) is 12.0 Å². The minimum absolute atomic E-state index is 0.0235. The quantitative estimate of drug-likeness (QED) is 0.333. The number of halogens is 1. The fourth-order valence-corrected chi connectivity index (χ4v) is 3.14. The summed E-state index contributed by atoms with van der Waals surface area (Å²) in [5, 5.41) is 5.55. The van der Waals surface area contributed by atoms with Crippen LogP contribution >= 0.6 is 0 Å². The molecular weight excluding hydrogens is 447 g/mol. The number of amides is 2. The molecule has 1 atom stereocenters. The zero-order valence-corrected chi connectivity index (χ0v) is 19.6. The number of rotatable bonds is 12. The normalized spacial score (nSPS) is 11.7. The molecule has 0 aromatic heterocycles. The van der Waals surface area contributed by atoms with Crippen LogP contribution in [0, 0.1) is 5.82 Å². The molecule has 0 fully saturated rings. The van der Waals surface area contributed by atoms with E-state index in [-0.39, 0.29) is 24.8 Å². The Hall–Kier alpha value is -3.97. The molecule has 2 N–H and O–H groups in total. The predicted octanol–water partition coefficient (Wildman–Crippen LogP) is 5.61. The Balaban J connectivity index is 1.59. The van der Waals surface area contributed by atoms with Crippen LogP contribution in [0.25, 0.3) is 0 Å². The van der Waals surface area contributed by atoms with Crippen LogP contribution in [-0.2, 0) is 20.9 Å². The zero-order chi connectivity index (χ0) is 24.9. The summed E-state index contributed by atoms with van der Waals surface area (Å²) in [5.41, 5.74) is 1.51. The van der Waals surface area contributed by atoms with Gasteiger partial charge in [-0.05, 0) is 60.5 Å². The summed E-state index contributed by atoms with van der Waals surface area (Å²) < 4.78 is 24.4. The standard InChI is InChI=1S/C28H29FN2O4/c1-2-3-5-10-27(32)31-26(20-34-19-21-8-6-4-7-9-21)28(33)30-23-13-17-25(18-14-23)35-24-15-11-22(29)12-16-24/h3-9,11-18,26H,2,10,19-20H2,1H3,(H,30,33)(H,31,32)/b5-3+/t26-/m0/s1. The molecule has 182 valence electrons. The molecule has 3 aromatic rings. The van der Waals surface area contributed by atoms with Gasteiger partial charge >= 0.3 is 0 Å². The highest BCUT2D eigenvalue weighted by Crippen LogP contribution is 2.23. The number of anilines is 1. The molecule has 0 spiro atoms. The number of carbonyl (C=O) groups excluding carboxylic acids is 2. The summed E-state index contributed by atoms with van der Waals surface area (Å²) >= 11 is 0. The summed E-state index contributed by atoms with van der Waals surface area (Å²) in [7, 11) is 0. The number of benzene rings is 3. The van der Waals surface area contributed by atoms with Crippen molar-refractivity contribution in [2.24, 2.45) is 0 Å². The van der Waals surface area contributed by atoms with E-state index in [9.17, 15) is 14.0 Å². The predicted molar refractivity (Wildman–Crippen MR) is 134 cm³/mol. The second-order valence-electron chi connectivity index (χ2n) is 7.77. The van der Waals surface area contributed by atoms with Gasteiger partial charge in [0.25, 0.3) is 0 Å². The lowest BCUT2D eigenvalue weighted by Crippen LogP contribution is -2.46. The second-order valence-corrected chi connectivity index (χ2v) is 7.77. The van der Waals surface area contributed by atoms with Gasteiger partial charge in [0.15, 0.2) is 0 Å². The molecule has 7 heteroatoms. The number of allylic oxidation sites excluding steroid dienone is 1. The van der Waals surface area contributed by atoms with Crippen molar-refractivity contribution in [1.29, 1.82) is 0 Å². The fourth-order valence-electron chi connectivity index (χ4n) is 3.14. The van der Waals surface area contributed by atoms with Crippen LogP contribution in [0.4, 0.5) is 10.1 Å². The molecule has 0 saturated heterocycles. The molecule has 2 amide bonds. The average molecular weight is 477 g/mol. The Kier molecular flexibility index (Phi) is 10.0. The highest BCUT2D eigenvalue weighted by molar-refractivity contribution is 5.97. The zero-order valence-electron chi connectivity index (χ0n) is 19.6. The van der Waals surface area contributed by atoms with Gasteiger partial charge in [-0.25, -0.2) is 4.39 Å². The maximum atomic E-state index is 13.1. The third-order valence-electron chi connectivity index (χ3n) is 4.92. The van der Waals surface area contributed by atoms with Gasteiger partial charge < -0.3 is 20.1 Å². The van der Waals surface area contributed by atoms with Gasteiger partial charge in [-0.3, -0.25) is 9.59 Å². The van der Waals surface area contributed by atoms with Crippen LogP contribution in [0.3, 0.4) is 0 Å². The third kappa shape index (κ3) is 9.06. The van der Waals surface area contributed by atoms with Crippen LogP contribution in [0.15, 0.2) is 91.0 Å². The monoisotopic (exact) mass is 476 g/mol. The van der Waals surface area contributed by atoms with Crippen molar-refractivity contribution in [3.63, 3.8) is 0 Å². The van der Waals surface area contributed by atoms with Crippen molar-refractivity contribution >= 4 is 17.5 Å². The molecule has 0 saturated carbocycles. The van der Waals surface area contributed by atoms with Gasteiger partial charge in [0.1, 0.15) is 23.4 Å². The second kappa shape index (κ2) is 13.7. The van der Waals surface area contributed by atoms with Gasteiger partial charge in [-0.2, -0.15) is 0 Å². The van der Waals surface area contributed by atoms with E-state index < -0.39 is 11.9 Å². The van der Waals surface area contributed by atoms with Gasteiger partial charge in [0, 0.05) is 12.1 Å². The van der Waals surface area contributed by atoms with Gasteiger partial charge in [-0.1, -0.05) is 49.4 Å². The first-order chi connectivity index (χ1) is 17.0. The summed E-state index contributed by atoms with van der Waals surface area (Å²) in [6, 6.07) is 21.2. The van der Waals surface area contributed by atoms with E-state index in [1.165, 1.54) is 24.3 Å². The first-order valence-corrected chi connectivity index (χ1v) is 11.4. The third-order valence-corrected chi connectivity index (χ3v) is 4.92. The largest absolute Gasteiger partial charge is 0.457 e. The Labute approximate surface area is 204 Å². The highest BCUT2D eigenvalue weighted by Gasteiger charge is 2.21. The van der Waals surface area contributed by atoms with Crippen LogP contribution in [0.5, 0.6) is 11.5 Å². The lowest BCUT2D eigenvalue weighted by molar-refractivity contribution is -0.127. The van der Waals surface area contributed by atoms with Crippen LogP contribution < -0.4 is 15.4 Å². The number of nitrogens with one attached hydrogen (secondary N) is 2. The van der Waals surface area contributed by atoms with E-state index in [0.29, 0.717) is 23.8 Å². The van der Waals surface area contributed by atoms with Crippen molar-refractivity contribution in [1.82, 2.24) is 5.32 Å². The molecule has 0 aliphatic rings. The van der Waals surface area contributed by atoms with E-state index in [1.54, 1.807) is 30.3 Å². The molecule has 0 heterocycles. The Morgan fingerprint density at radius 1 is 0.914 bits per heavy atom. The molecule has 0 aliphatic heterocycles. The highest BCUT2D eigenvalue weighted by atomic mass is 19.1. The topological polar surface area (TPSA) is 76.7 Å². The lowest BCUT2D eigenvalue weighted by Gasteiger charge is -2.19. The summed E-state index contributed by atoms with van der Waals surface area (Å²) in [4.78, 5) is 25.3. The lowest BCUT2D eigenvalue weighted by atomic mass is 10.2. The van der Waals surface area contributed by atoms with Crippen molar-refractivity contribution in [2.75, 3.05) is 11.9 Å². The minimum atomic E-state index is -0.864. The van der Waals surface area contributed by atoms with Gasteiger partial charge in [-0.15, -0.1) is 0 Å². The molecule has 35 heavy (non-hydrogen) atoms.